The van der Waals surface area contributed by atoms with Crippen LogP contribution in [0, 0.1) is 0 Å². The number of halogens is 2. The van der Waals surface area contributed by atoms with E-state index in [1.807, 2.05) is 43.3 Å². The predicted octanol–water partition coefficient (Wildman–Crippen LogP) is 5.38. The molecule has 0 heterocycles. The van der Waals surface area contributed by atoms with Crippen molar-refractivity contribution in [2.75, 3.05) is 13.7 Å². The molecule has 0 saturated heterocycles. The summed E-state index contributed by atoms with van der Waals surface area (Å²) in [5, 5.41) is -0.156. The molecule has 0 amide bonds. The fraction of sp³-hybridized carbons (Fsp3) is 0.294. The van der Waals surface area contributed by atoms with Crippen LogP contribution in [-0.4, -0.2) is 13.7 Å². The van der Waals surface area contributed by atoms with E-state index in [9.17, 15) is 0 Å². The van der Waals surface area contributed by atoms with Gasteiger partial charge in [0.1, 0.15) is 11.5 Å². The maximum Gasteiger partial charge on any atom is 0.124 e. The molecule has 1 unspecified atom stereocenters. The minimum atomic E-state index is -0.156. The summed E-state index contributed by atoms with van der Waals surface area (Å²) in [6, 6.07) is 13.9. The van der Waals surface area contributed by atoms with E-state index < -0.39 is 0 Å². The monoisotopic (exact) mass is 368 g/mol. The van der Waals surface area contributed by atoms with Crippen LogP contribution in [0.3, 0.4) is 0 Å². The van der Waals surface area contributed by atoms with Crippen molar-refractivity contribution in [2.24, 2.45) is 0 Å². The second-order valence-corrected chi connectivity index (χ2v) is 6.08. The fourth-order valence-electron chi connectivity index (χ4n) is 2.17. The van der Waals surface area contributed by atoms with Gasteiger partial charge in [0.15, 0.2) is 0 Å². The lowest BCUT2D eigenvalue weighted by Gasteiger charge is -2.16. The average molecular weight is 370 g/mol. The van der Waals surface area contributed by atoms with Gasteiger partial charge in [-0.2, -0.15) is 0 Å². The van der Waals surface area contributed by atoms with E-state index in [1.165, 1.54) is 0 Å². The number of benzene rings is 2. The first-order valence-corrected chi connectivity index (χ1v) is 8.06. The molecule has 0 fully saturated rings. The first-order valence-electron chi connectivity index (χ1n) is 6.83. The van der Waals surface area contributed by atoms with Gasteiger partial charge in [0.25, 0.3) is 0 Å². The highest BCUT2D eigenvalue weighted by molar-refractivity contribution is 9.10. The maximum absolute atomic E-state index is 6.61. The smallest absolute Gasteiger partial charge is 0.124 e. The number of hydrogen-bond acceptors (Lipinski definition) is 2. The van der Waals surface area contributed by atoms with Gasteiger partial charge in [0, 0.05) is 10.0 Å². The van der Waals surface area contributed by atoms with Crippen LogP contribution in [0.2, 0.25) is 0 Å². The number of methoxy groups -OCH3 is 1. The molecule has 4 heteroatoms. The zero-order valence-corrected chi connectivity index (χ0v) is 14.4. The molecule has 112 valence electrons. The van der Waals surface area contributed by atoms with E-state index in [1.54, 1.807) is 7.11 Å². The maximum atomic E-state index is 6.61. The van der Waals surface area contributed by atoms with Gasteiger partial charge in [0.05, 0.1) is 19.1 Å². The van der Waals surface area contributed by atoms with E-state index in [2.05, 4.69) is 22.0 Å². The molecule has 1 atom stereocenters. The molecule has 0 aliphatic rings. The Morgan fingerprint density at radius 3 is 2.71 bits per heavy atom. The Balaban J connectivity index is 2.22. The summed E-state index contributed by atoms with van der Waals surface area (Å²) in [6.45, 7) is 2.59. The minimum absolute atomic E-state index is 0.156. The van der Waals surface area contributed by atoms with E-state index in [4.69, 9.17) is 21.1 Å². The van der Waals surface area contributed by atoms with Gasteiger partial charge < -0.3 is 9.47 Å². The lowest BCUT2D eigenvalue weighted by atomic mass is 10.0. The van der Waals surface area contributed by atoms with Gasteiger partial charge in [0.2, 0.25) is 0 Å². The molecule has 21 heavy (non-hydrogen) atoms. The van der Waals surface area contributed by atoms with Crippen molar-refractivity contribution in [1.29, 1.82) is 0 Å². The zero-order valence-electron chi connectivity index (χ0n) is 12.1. The van der Waals surface area contributed by atoms with Crippen molar-refractivity contribution < 1.29 is 9.47 Å². The highest BCUT2D eigenvalue weighted by Crippen LogP contribution is 2.35. The van der Waals surface area contributed by atoms with Crippen LogP contribution in [0.1, 0.15) is 23.4 Å². The SMILES string of the molecule is CCOc1ccc(Br)cc1C(Cl)Cc1cccc(OC)c1. The Morgan fingerprint density at radius 1 is 1.19 bits per heavy atom. The van der Waals surface area contributed by atoms with E-state index in [-0.39, 0.29) is 5.38 Å². The van der Waals surface area contributed by atoms with Crippen LogP contribution in [0.4, 0.5) is 0 Å². The molecule has 0 aromatic heterocycles. The van der Waals surface area contributed by atoms with Crippen molar-refractivity contribution in [1.82, 2.24) is 0 Å². The number of hydrogen-bond donors (Lipinski definition) is 0. The Bertz CT molecular complexity index is 601. The van der Waals surface area contributed by atoms with Gasteiger partial charge in [-0.3, -0.25) is 0 Å². The van der Waals surface area contributed by atoms with Gasteiger partial charge in [-0.1, -0.05) is 28.1 Å². The molecule has 0 aliphatic carbocycles. The third-order valence-corrected chi connectivity index (χ3v) is 4.04. The summed E-state index contributed by atoms with van der Waals surface area (Å²) in [5.41, 5.74) is 2.13. The molecular weight excluding hydrogens is 352 g/mol. The summed E-state index contributed by atoms with van der Waals surface area (Å²) < 4.78 is 11.9. The lowest BCUT2D eigenvalue weighted by Crippen LogP contribution is -2.02. The molecule has 0 N–H and O–H groups in total. The van der Waals surface area contributed by atoms with Crippen molar-refractivity contribution in [3.8, 4) is 11.5 Å². The van der Waals surface area contributed by atoms with Gasteiger partial charge in [-0.15, -0.1) is 11.6 Å². The zero-order chi connectivity index (χ0) is 15.2. The molecule has 0 bridgehead atoms. The summed E-state index contributed by atoms with van der Waals surface area (Å²) in [7, 11) is 1.67. The molecule has 2 nitrogen and oxygen atoms in total. The lowest BCUT2D eigenvalue weighted by molar-refractivity contribution is 0.336. The van der Waals surface area contributed by atoms with Crippen molar-refractivity contribution in [3.63, 3.8) is 0 Å². The number of ether oxygens (including phenoxy) is 2. The van der Waals surface area contributed by atoms with Crippen LogP contribution < -0.4 is 9.47 Å². The molecular formula is C17H18BrClO2. The Labute approximate surface area is 139 Å². The Morgan fingerprint density at radius 2 is 2.00 bits per heavy atom. The third kappa shape index (κ3) is 4.39. The minimum Gasteiger partial charge on any atom is -0.497 e. The normalized spacial score (nSPS) is 12.0. The van der Waals surface area contributed by atoms with E-state index in [0.29, 0.717) is 6.61 Å². The average Bonchev–Trinajstić information content (AvgIpc) is 2.49. The van der Waals surface area contributed by atoms with E-state index in [0.717, 1.165) is 33.5 Å². The quantitative estimate of drug-likeness (QED) is 0.636. The Hall–Kier alpha value is -1.19. The van der Waals surface area contributed by atoms with Gasteiger partial charge >= 0.3 is 0 Å². The molecule has 2 rings (SSSR count). The molecule has 0 spiro atoms. The molecule has 0 saturated carbocycles. The molecule has 2 aromatic carbocycles. The van der Waals surface area contributed by atoms with Crippen LogP contribution >= 0.6 is 27.5 Å². The highest BCUT2D eigenvalue weighted by Gasteiger charge is 2.15. The van der Waals surface area contributed by atoms with Crippen LogP contribution in [-0.2, 0) is 6.42 Å². The molecule has 0 radical (unpaired) electrons. The largest absolute Gasteiger partial charge is 0.497 e. The Kier molecular flexibility index (Phi) is 5.95. The molecule has 2 aromatic rings. The summed E-state index contributed by atoms with van der Waals surface area (Å²) in [6.07, 6.45) is 0.718. The highest BCUT2D eigenvalue weighted by atomic mass is 79.9. The number of alkyl halides is 1. The summed E-state index contributed by atoms with van der Waals surface area (Å²) in [5.74, 6) is 1.68. The van der Waals surface area contributed by atoms with Crippen molar-refractivity contribution >= 4 is 27.5 Å². The second-order valence-electron chi connectivity index (χ2n) is 4.64. The van der Waals surface area contributed by atoms with Crippen LogP contribution in [0.15, 0.2) is 46.9 Å². The van der Waals surface area contributed by atoms with Gasteiger partial charge in [-0.25, -0.2) is 0 Å². The van der Waals surface area contributed by atoms with Crippen LogP contribution in [0.25, 0.3) is 0 Å². The second kappa shape index (κ2) is 7.71. The van der Waals surface area contributed by atoms with Crippen molar-refractivity contribution in [2.45, 2.75) is 18.7 Å². The van der Waals surface area contributed by atoms with Crippen LogP contribution in [0.5, 0.6) is 11.5 Å². The third-order valence-electron chi connectivity index (χ3n) is 3.16. The molecule has 0 aliphatic heterocycles. The topological polar surface area (TPSA) is 18.5 Å². The van der Waals surface area contributed by atoms with Gasteiger partial charge in [-0.05, 0) is 49.2 Å². The summed E-state index contributed by atoms with van der Waals surface area (Å²) >= 11 is 10.1. The number of rotatable bonds is 6. The first kappa shape index (κ1) is 16.2. The summed E-state index contributed by atoms with van der Waals surface area (Å²) in [4.78, 5) is 0. The predicted molar refractivity (Wildman–Crippen MR) is 90.6 cm³/mol. The standard InChI is InChI=1S/C17H18BrClO2/c1-3-21-17-8-7-13(18)11-15(17)16(19)10-12-5-4-6-14(9-12)20-2/h4-9,11,16H,3,10H2,1-2H3. The van der Waals surface area contributed by atoms with E-state index >= 15 is 0 Å². The first-order chi connectivity index (χ1) is 10.1. The fourth-order valence-corrected chi connectivity index (χ4v) is 2.89. The van der Waals surface area contributed by atoms with Crippen molar-refractivity contribution in [3.05, 3.63) is 58.1 Å².